The van der Waals surface area contributed by atoms with Crippen molar-refractivity contribution in [3.63, 3.8) is 0 Å². The van der Waals surface area contributed by atoms with Gasteiger partial charge in [-0.25, -0.2) is 4.99 Å². The van der Waals surface area contributed by atoms with Crippen LogP contribution in [0.1, 0.15) is 43.7 Å². The summed E-state index contributed by atoms with van der Waals surface area (Å²) in [5.41, 5.74) is 2.71. The first-order valence-corrected chi connectivity index (χ1v) is 9.92. The first-order valence-electron chi connectivity index (χ1n) is 9.92. The lowest BCUT2D eigenvalue weighted by Gasteiger charge is -2.22. The fourth-order valence-electron chi connectivity index (χ4n) is 4.37. The fraction of sp³-hybridized carbons (Fsp3) is 0.667. The molecular weight excluding hydrogens is 308 g/mol. The van der Waals surface area contributed by atoms with Crippen molar-refractivity contribution in [3.8, 4) is 0 Å². The molecule has 4 nitrogen and oxygen atoms in total. The van der Waals surface area contributed by atoms with Crippen LogP contribution in [0.2, 0.25) is 0 Å². The number of hydrogen-bond donors (Lipinski definition) is 1. The highest BCUT2D eigenvalue weighted by Gasteiger charge is 2.35. The first-order chi connectivity index (χ1) is 12.2. The molecular formula is C21H34N4. The second-order valence-corrected chi connectivity index (χ2v) is 7.89. The number of guanidine groups is 1. The van der Waals surface area contributed by atoms with Gasteiger partial charge < -0.3 is 15.1 Å². The number of nitrogens with zero attached hydrogens (tertiary/aromatic N) is 3. The number of nitrogens with one attached hydrogen (secondary N) is 1. The Balaban J connectivity index is 1.71. The molecule has 1 aromatic carbocycles. The van der Waals surface area contributed by atoms with E-state index < -0.39 is 0 Å². The fourth-order valence-corrected chi connectivity index (χ4v) is 4.37. The standard InChI is InChI=1S/C21H34N4/c1-4-22-21(25-15-19-11-7-8-12-20(19)16-25)23-13-17-9-5-6-10-18(17)14-24(2)3/h5-6,9-10,19-20H,4,7-8,11-16H2,1-3H3,(H,22,23). The number of benzene rings is 1. The van der Waals surface area contributed by atoms with Crippen LogP contribution < -0.4 is 5.32 Å². The van der Waals surface area contributed by atoms with Gasteiger partial charge >= 0.3 is 0 Å². The molecule has 2 fully saturated rings. The van der Waals surface area contributed by atoms with Gasteiger partial charge in [-0.1, -0.05) is 37.1 Å². The summed E-state index contributed by atoms with van der Waals surface area (Å²) < 4.78 is 0. The minimum atomic E-state index is 0.762. The second-order valence-electron chi connectivity index (χ2n) is 7.89. The topological polar surface area (TPSA) is 30.9 Å². The Morgan fingerprint density at radius 1 is 1.12 bits per heavy atom. The summed E-state index contributed by atoms with van der Waals surface area (Å²) in [6, 6.07) is 8.70. The SMILES string of the molecule is CCNC(=NCc1ccccc1CN(C)C)N1CC2CCCCC2C1. The largest absolute Gasteiger partial charge is 0.357 e. The van der Waals surface area contributed by atoms with Gasteiger partial charge in [-0.3, -0.25) is 0 Å². The van der Waals surface area contributed by atoms with Crippen molar-refractivity contribution in [2.24, 2.45) is 16.8 Å². The number of likely N-dealkylation sites (tertiary alicyclic amines) is 1. The highest BCUT2D eigenvalue weighted by Crippen LogP contribution is 2.36. The smallest absolute Gasteiger partial charge is 0.194 e. The van der Waals surface area contributed by atoms with E-state index in [1.54, 1.807) is 0 Å². The van der Waals surface area contributed by atoms with Crippen LogP contribution in [-0.2, 0) is 13.1 Å². The molecule has 3 rings (SSSR count). The highest BCUT2D eigenvalue weighted by molar-refractivity contribution is 5.80. The lowest BCUT2D eigenvalue weighted by atomic mass is 9.82. The first kappa shape index (κ1) is 18.2. The molecule has 0 bridgehead atoms. The summed E-state index contributed by atoms with van der Waals surface area (Å²) in [4.78, 5) is 9.74. The molecule has 138 valence electrons. The molecule has 0 amide bonds. The number of aliphatic imine (C=N–C) groups is 1. The molecule has 1 aliphatic heterocycles. The van der Waals surface area contributed by atoms with E-state index >= 15 is 0 Å². The van der Waals surface area contributed by atoms with E-state index in [1.165, 1.54) is 49.9 Å². The average Bonchev–Trinajstić information content (AvgIpc) is 3.03. The van der Waals surface area contributed by atoms with Crippen molar-refractivity contribution in [1.82, 2.24) is 15.1 Å². The molecule has 25 heavy (non-hydrogen) atoms. The van der Waals surface area contributed by atoms with Gasteiger partial charge in [0.25, 0.3) is 0 Å². The van der Waals surface area contributed by atoms with E-state index in [0.717, 1.165) is 37.4 Å². The van der Waals surface area contributed by atoms with Crippen LogP contribution in [-0.4, -0.2) is 49.5 Å². The van der Waals surface area contributed by atoms with E-state index in [0.29, 0.717) is 0 Å². The summed E-state index contributed by atoms with van der Waals surface area (Å²) in [5.74, 6) is 2.88. The summed E-state index contributed by atoms with van der Waals surface area (Å²) in [6.07, 6.45) is 5.65. The van der Waals surface area contributed by atoms with Crippen LogP contribution >= 0.6 is 0 Å². The molecule has 0 aromatic heterocycles. The minimum Gasteiger partial charge on any atom is -0.357 e. The third-order valence-electron chi connectivity index (χ3n) is 5.61. The summed E-state index contributed by atoms with van der Waals surface area (Å²) in [7, 11) is 4.24. The Labute approximate surface area is 153 Å². The van der Waals surface area contributed by atoms with Gasteiger partial charge in [-0.2, -0.15) is 0 Å². The zero-order valence-corrected chi connectivity index (χ0v) is 16.2. The molecule has 1 N–H and O–H groups in total. The third-order valence-corrected chi connectivity index (χ3v) is 5.61. The molecule has 4 heteroatoms. The van der Waals surface area contributed by atoms with Crippen LogP contribution in [0.25, 0.3) is 0 Å². The van der Waals surface area contributed by atoms with Crippen molar-refractivity contribution in [2.45, 2.75) is 45.7 Å². The summed E-state index contributed by atoms with van der Waals surface area (Å²) in [6.45, 7) is 7.21. The lowest BCUT2D eigenvalue weighted by Crippen LogP contribution is -2.40. The molecule has 1 saturated carbocycles. The quantitative estimate of drug-likeness (QED) is 0.658. The molecule has 1 saturated heterocycles. The molecule has 2 aliphatic rings. The van der Waals surface area contributed by atoms with Gasteiger partial charge in [-0.15, -0.1) is 0 Å². The van der Waals surface area contributed by atoms with Crippen LogP contribution in [0.15, 0.2) is 29.3 Å². The maximum atomic E-state index is 5.00. The maximum Gasteiger partial charge on any atom is 0.194 e. The predicted octanol–water partition coefficient (Wildman–Crippen LogP) is 3.34. The average molecular weight is 343 g/mol. The number of rotatable bonds is 5. The second kappa shape index (κ2) is 8.70. The normalized spacial score (nSPS) is 23.8. The lowest BCUT2D eigenvalue weighted by molar-refractivity contribution is 0.299. The molecule has 2 atom stereocenters. The van der Waals surface area contributed by atoms with Crippen LogP contribution in [0.3, 0.4) is 0 Å². The minimum absolute atomic E-state index is 0.762. The summed E-state index contributed by atoms with van der Waals surface area (Å²) >= 11 is 0. The van der Waals surface area contributed by atoms with Crippen molar-refractivity contribution in [1.29, 1.82) is 0 Å². The summed E-state index contributed by atoms with van der Waals surface area (Å²) in [5, 5.41) is 3.53. The maximum absolute atomic E-state index is 5.00. The molecule has 1 aliphatic carbocycles. The van der Waals surface area contributed by atoms with E-state index in [4.69, 9.17) is 4.99 Å². The Morgan fingerprint density at radius 2 is 1.76 bits per heavy atom. The van der Waals surface area contributed by atoms with Crippen LogP contribution in [0.5, 0.6) is 0 Å². The third kappa shape index (κ3) is 4.75. The van der Waals surface area contributed by atoms with Gasteiger partial charge in [0.05, 0.1) is 6.54 Å². The predicted molar refractivity (Wildman–Crippen MR) is 106 cm³/mol. The van der Waals surface area contributed by atoms with Crippen molar-refractivity contribution < 1.29 is 0 Å². The van der Waals surface area contributed by atoms with E-state index in [-0.39, 0.29) is 0 Å². The van der Waals surface area contributed by atoms with E-state index in [9.17, 15) is 0 Å². The number of fused-ring (bicyclic) bond motifs is 1. The zero-order valence-electron chi connectivity index (χ0n) is 16.2. The van der Waals surface area contributed by atoms with Crippen molar-refractivity contribution >= 4 is 5.96 Å². The molecule has 1 aromatic rings. The van der Waals surface area contributed by atoms with Crippen molar-refractivity contribution in [3.05, 3.63) is 35.4 Å². The van der Waals surface area contributed by atoms with Gasteiger partial charge in [0.15, 0.2) is 5.96 Å². The Morgan fingerprint density at radius 3 is 2.36 bits per heavy atom. The molecule has 0 spiro atoms. The Bertz CT molecular complexity index is 567. The highest BCUT2D eigenvalue weighted by atomic mass is 15.3. The molecule has 0 radical (unpaired) electrons. The van der Waals surface area contributed by atoms with Gasteiger partial charge in [-0.05, 0) is 56.8 Å². The van der Waals surface area contributed by atoms with Crippen LogP contribution in [0, 0.1) is 11.8 Å². The van der Waals surface area contributed by atoms with E-state index in [1.807, 2.05) is 0 Å². The molecule has 1 heterocycles. The van der Waals surface area contributed by atoms with Gasteiger partial charge in [0, 0.05) is 26.2 Å². The van der Waals surface area contributed by atoms with Crippen LogP contribution in [0.4, 0.5) is 0 Å². The number of hydrogen-bond acceptors (Lipinski definition) is 2. The Hall–Kier alpha value is -1.55. The van der Waals surface area contributed by atoms with Crippen molar-refractivity contribution in [2.75, 3.05) is 33.7 Å². The van der Waals surface area contributed by atoms with Gasteiger partial charge in [0.1, 0.15) is 0 Å². The van der Waals surface area contributed by atoms with E-state index in [2.05, 4.69) is 60.4 Å². The zero-order chi connectivity index (χ0) is 17.6. The molecule has 2 unspecified atom stereocenters. The Kier molecular flexibility index (Phi) is 6.35. The monoisotopic (exact) mass is 342 g/mol. The van der Waals surface area contributed by atoms with Gasteiger partial charge in [0.2, 0.25) is 0 Å².